The average molecular weight is 302 g/mol. The van der Waals surface area contributed by atoms with E-state index in [4.69, 9.17) is 22.1 Å². The zero-order valence-electron chi connectivity index (χ0n) is 7.89. The van der Waals surface area contributed by atoms with Gasteiger partial charge in [0.1, 0.15) is 10.8 Å². The van der Waals surface area contributed by atoms with Crippen LogP contribution < -0.4 is 10.5 Å². The first kappa shape index (κ1) is 11.1. The van der Waals surface area contributed by atoms with E-state index >= 15 is 0 Å². The number of nitrogens with zero attached hydrogens (tertiary/aromatic N) is 3. The van der Waals surface area contributed by atoms with Crippen molar-refractivity contribution in [1.29, 1.82) is 0 Å². The number of hydrogen-bond donors (Lipinski definition) is 1. The van der Waals surface area contributed by atoms with Crippen molar-refractivity contribution < 1.29 is 4.74 Å². The van der Waals surface area contributed by atoms with Crippen molar-refractivity contribution in [2.75, 3.05) is 5.73 Å². The summed E-state index contributed by atoms with van der Waals surface area (Å²) in [4.78, 5) is 11.5. The van der Waals surface area contributed by atoms with Gasteiger partial charge in [-0.1, -0.05) is 11.6 Å². The number of aromatic nitrogens is 3. The van der Waals surface area contributed by atoms with Crippen LogP contribution in [0.3, 0.4) is 0 Å². The molecule has 0 fully saturated rings. The van der Waals surface area contributed by atoms with Gasteiger partial charge in [-0.3, -0.25) is 4.98 Å². The molecule has 2 aromatic heterocycles. The summed E-state index contributed by atoms with van der Waals surface area (Å²) in [5.41, 5.74) is 5.43. The molecule has 2 heterocycles. The van der Waals surface area contributed by atoms with E-state index in [0.29, 0.717) is 5.75 Å². The highest BCUT2D eigenvalue weighted by molar-refractivity contribution is 9.10. The predicted octanol–water partition coefficient (Wildman–Crippen LogP) is 2.66. The summed E-state index contributed by atoms with van der Waals surface area (Å²) in [6.07, 6.45) is 4.56. The van der Waals surface area contributed by atoms with Crippen LogP contribution in [0.4, 0.5) is 5.95 Å². The molecule has 7 heteroatoms. The highest BCUT2D eigenvalue weighted by Crippen LogP contribution is 2.27. The van der Waals surface area contributed by atoms with Crippen LogP contribution in [0.1, 0.15) is 0 Å². The van der Waals surface area contributed by atoms with Gasteiger partial charge in [0.15, 0.2) is 0 Å². The molecule has 2 aromatic rings. The highest BCUT2D eigenvalue weighted by atomic mass is 79.9. The molecule has 0 aliphatic heterocycles. The fraction of sp³-hybridized carbons (Fsp3) is 0. The Kier molecular flexibility index (Phi) is 3.21. The lowest BCUT2D eigenvalue weighted by molar-refractivity contribution is 0.460. The first-order valence-corrected chi connectivity index (χ1v) is 5.38. The molecule has 82 valence electrons. The maximum absolute atomic E-state index is 5.85. The Morgan fingerprint density at radius 2 is 2.12 bits per heavy atom. The van der Waals surface area contributed by atoms with Crippen molar-refractivity contribution in [3.05, 3.63) is 34.2 Å². The number of nitrogens with two attached hydrogens (primary N) is 1. The van der Waals surface area contributed by atoms with E-state index in [2.05, 4.69) is 30.9 Å². The number of hydrogen-bond acceptors (Lipinski definition) is 5. The van der Waals surface area contributed by atoms with Crippen molar-refractivity contribution >= 4 is 33.5 Å². The van der Waals surface area contributed by atoms with E-state index in [0.717, 1.165) is 4.47 Å². The zero-order valence-corrected chi connectivity index (χ0v) is 10.2. The lowest BCUT2D eigenvalue weighted by atomic mass is 10.5. The van der Waals surface area contributed by atoms with Crippen molar-refractivity contribution in [2.24, 2.45) is 0 Å². The number of ether oxygens (including phenoxy) is 1. The van der Waals surface area contributed by atoms with E-state index in [1.54, 1.807) is 18.5 Å². The fourth-order valence-electron chi connectivity index (χ4n) is 0.996. The molecule has 0 aromatic carbocycles. The molecule has 2 rings (SSSR count). The summed E-state index contributed by atoms with van der Waals surface area (Å²) in [6, 6.07) is 1.74. The second-order valence-electron chi connectivity index (χ2n) is 2.82. The van der Waals surface area contributed by atoms with Crippen molar-refractivity contribution in [1.82, 2.24) is 15.0 Å². The Labute approximate surface area is 105 Å². The minimum atomic E-state index is 0.0994. The van der Waals surface area contributed by atoms with Crippen LogP contribution in [0.2, 0.25) is 5.02 Å². The Morgan fingerprint density at radius 1 is 1.31 bits per heavy atom. The molecular formula is C9H6BrClN4O. The quantitative estimate of drug-likeness (QED) is 0.923. The van der Waals surface area contributed by atoms with Crippen LogP contribution >= 0.6 is 27.5 Å². The van der Waals surface area contributed by atoms with Crippen LogP contribution in [-0.2, 0) is 0 Å². The molecular weight excluding hydrogens is 295 g/mol. The summed E-state index contributed by atoms with van der Waals surface area (Å²) >= 11 is 9.12. The van der Waals surface area contributed by atoms with E-state index < -0.39 is 0 Å². The number of nitrogen functional groups attached to an aromatic ring is 1. The minimum Gasteiger partial charge on any atom is -0.436 e. The van der Waals surface area contributed by atoms with Crippen LogP contribution in [-0.4, -0.2) is 15.0 Å². The topological polar surface area (TPSA) is 73.9 Å². The molecule has 0 amide bonds. The Morgan fingerprint density at radius 3 is 2.88 bits per heavy atom. The molecule has 0 saturated heterocycles. The minimum absolute atomic E-state index is 0.0994. The van der Waals surface area contributed by atoms with Crippen molar-refractivity contribution in [2.45, 2.75) is 0 Å². The molecule has 0 radical (unpaired) electrons. The predicted molar refractivity (Wildman–Crippen MR) is 63.5 cm³/mol. The Balaban J connectivity index is 2.30. The fourth-order valence-corrected chi connectivity index (χ4v) is 1.47. The van der Waals surface area contributed by atoms with E-state index in [1.165, 1.54) is 6.20 Å². The molecule has 2 N–H and O–H groups in total. The Bertz CT molecular complexity index is 523. The van der Waals surface area contributed by atoms with Gasteiger partial charge in [-0.05, 0) is 22.0 Å². The third-order valence-electron chi connectivity index (χ3n) is 1.62. The maximum Gasteiger partial charge on any atom is 0.243 e. The summed E-state index contributed by atoms with van der Waals surface area (Å²) in [5, 5.41) is 0.286. The van der Waals surface area contributed by atoms with Gasteiger partial charge in [0.2, 0.25) is 11.8 Å². The van der Waals surface area contributed by atoms with Gasteiger partial charge in [-0.25, -0.2) is 4.98 Å². The second-order valence-corrected chi connectivity index (χ2v) is 4.15. The standard InChI is InChI=1S/C9H6BrClN4O/c10-5-1-6(3-13-2-5)16-8-7(11)4-14-9(12)15-8/h1-4H,(H2,12,14,15). The largest absolute Gasteiger partial charge is 0.436 e. The SMILES string of the molecule is Nc1ncc(Cl)c(Oc2cncc(Br)c2)n1. The molecule has 0 atom stereocenters. The van der Waals surface area contributed by atoms with Gasteiger partial charge in [0.05, 0.1) is 12.4 Å². The lowest BCUT2D eigenvalue weighted by Crippen LogP contribution is -1.97. The molecule has 0 saturated carbocycles. The number of anilines is 1. The van der Waals surface area contributed by atoms with Gasteiger partial charge in [0, 0.05) is 10.7 Å². The first-order valence-electron chi connectivity index (χ1n) is 4.21. The van der Waals surface area contributed by atoms with Crippen LogP contribution in [0.15, 0.2) is 29.1 Å². The summed E-state index contributed by atoms with van der Waals surface area (Å²) < 4.78 is 6.21. The van der Waals surface area contributed by atoms with Crippen LogP contribution in [0, 0.1) is 0 Å². The van der Waals surface area contributed by atoms with Gasteiger partial charge >= 0.3 is 0 Å². The zero-order chi connectivity index (χ0) is 11.5. The number of rotatable bonds is 2. The molecule has 0 aliphatic rings. The van der Waals surface area contributed by atoms with E-state index in [1.807, 2.05) is 0 Å². The molecule has 0 aliphatic carbocycles. The highest BCUT2D eigenvalue weighted by Gasteiger charge is 2.06. The Hall–Kier alpha value is -1.40. The average Bonchev–Trinajstić information content (AvgIpc) is 2.24. The van der Waals surface area contributed by atoms with E-state index in [-0.39, 0.29) is 16.9 Å². The lowest BCUT2D eigenvalue weighted by Gasteiger charge is -2.05. The van der Waals surface area contributed by atoms with E-state index in [9.17, 15) is 0 Å². The van der Waals surface area contributed by atoms with Crippen LogP contribution in [0.5, 0.6) is 11.6 Å². The van der Waals surface area contributed by atoms with Crippen LogP contribution in [0.25, 0.3) is 0 Å². The van der Waals surface area contributed by atoms with Gasteiger partial charge in [-0.2, -0.15) is 4.98 Å². The summed E-state index contributed by atoms with van der Waals surface area (Å²) in [5.74, 6) is 0.811. The third kappa shape index (κ3) is 2.59. The smallest absolute Gasteiger partial charge is 0.243 e. The van der Waals surface area contributed by atoms with Gasteiger partial charge in [-0.15, -0.1) is 0 Å². The van der Waals surface area contributed by atoms with Crippen molar-refractivity contribution in [3.8, 4) is 11.6 Å². The summed E-state index contributed by atoms with van der Waals surface area (Å²) in [7, 11) is 0. The monoisotopic (exact) mass is 300 g/mol. The molecule has 0 unspecified atom stereocenters. The molecule has 16 heavy (non-hydrogen) atoms. The van der Waals surface area contributed by atoms with Crippen molar-refractivity contribution in [3.63, 3.8) is 0 Å². The molecule has 0 spiro atoms. The second kappa shape index (κ2) is 4.63. The first-order chi connectivity index (χ1) is 7.65. The molecule has 0 bridgehead atoms. The normalized spacial score (nSPS) is 10.1. The number of halogens is 2. The maximum atomic E-state index is 5.85. The molecule has 5 nitrogen and oxygen atoms in total. The van der Waals surface area contributed by atoms with Gasteiger partial charge < -0.3 is 10.5 Å². The van der Waals surface area contributed by atoms with Gasteiger partial charge in [0.25, 0.3) is 0 Å². The third-order valence-corrected chi connectivity index (χ3v) is 2.32. The summed E-state index contributed by atoms with van der Waals surface area (Å²) in [6.45, 7) is 0. The number of pyridine rings is 1.